The summed E-state index contributed by atoms with van der Waals surface area (Å²) in [6, 6.07) is 14.5. The molecule has 0 radical (unpaired) electrons. The number of piperazine rings is 1. The molecule has 1 amide bonds. The molecule has 4 rings (SSSR count). The van der Waals surface area contributed by atoms with E-state index in [-0.39, 0.29) is 12.5 Å². The van der Waals surface area contributed by atoms with Gasteiger partial charge in [-0.3, -0.25) is 4.79 Å². The number of rotatable bonds is 7. The largest absolute Gasteiger partial charge is 0.484 e. The number of anilines is 3. The summed E-state index contributed by atoms with van der Waals surface area (Å²) < 4.78 is 5.73. The lowest BCUT2D eigenvalue weighted by atomic mass is 10.1. The van der Waals surface area contributed by atoms with Gasteiger partial charge in [0.1, 0.15) is 11.6 Å². The molecular formula is C23H25N7O2. The molecule has 0 aliphatic carbocycles. The highest BCUT2D eigenvalue weighted by atomic mass is 16.5. The van der Waals surface area contributed by atoms with Crippen molar-refractivity contribution >= 4 is 29.3 Å². The average molecular weight is 432 g/mol. The summed E-state index contributed by atoms with van der Waals surface area (Å²) in [5.74, 6) is 1.70. The fourth-order valence-electron chi connectivity index (χ4n) is 3.37. The van der Waals surface area contributed by atoms with Crippen molar-refractivity contribution in [1.82, 2.24) is 20.2 Å². The van der Waals surface area contributed by atoms with Gasteiger partial charge in [-0.25, -0.2) is 9.97 Å². The van der Waals surface area contributed by atoms with Crippen molar-refractivity contribution in [3.05, 3.63) is 60.3 Å². The van der Waals surface area contributed by atoms with E-state index in [1.807, 2.05) is 30.3 Å². The minimum Gasteiger partial charge on any atom is -0.484 e. The van der Waals surface area contributed by atoms with Crippen molar-refractivity contribution in [1.29, 1.82) is 5.41 Å². The van der Waals surface area contributed by atoms with Crippen LogP contribution in [0.25, 0.3) is 11.4 Å². The topological polar surface area (TPSA) is 129 Å². The molecule has 32 heavy (non-hydrogen) atoms. The number of carbonyl (C=O) groups is 1. The van der Waals surface area contributed by atoms with E-state index in [2.05, 4.69) is 20.6 Å². The third kappa shape index (κ3) is 5.19. The number of nitrogens with one attached hydrogen (secondary N) is 3. The van der Waals surface area contributed by atoms with Crippen LogP contribution in [0.1, 0.15) is 5.56 Å². The summed E-state index contributed by atoms with van der Waals surface area (Å²) in [7, 11) is 0. The van der Waals surface area contributed by atoms with Gasteiger partial charge in [-0.2, -0.15) is 0 Å². The van der Waals surface area contributed by atoms with Gasteiger partial charge in [0, 0.05) is 61.1 Å². The van der Waals surface area contributed by atoms with Crippen LogP contribution in [0.3, 0.4) is 0 Å². The maximum atomic E-state index is 12.3. The molecule has 9 heteroatoms. The van der Waals surface area contributed by atoms with E-state index < -0.39 is 0 Å². The molecule has 0 atom stereocenters. The summed E-state index contributed by atoms with van der Waals surface area (Å²) in [6.07, 6.45) is 2.88. The van der Waals surface area contributed by atoms with Crippen LogP contribution in [-0.2, 0) is 4.79 Å². The highest BCUT2D eigenvalue weighted by Crippen LogP contribution is 2.24. The lowest BCUT2D eigenvalue weighted by Crippen LogP contribution is -2.47. The zero-order valence-corrected chi connectivity index (χ0v) is 17.5. The van der Waals surface area contributed by atoms with E-state index in [1.165, 1.54) is 6.21 Å². The zero-order valence-electron chi connectivity index (χ0n) is 17.5. The summed E-state index contributed by atoms with van der Waals surface area (Å²) in [4.78, 5) is 23.1. The summed E-state index contributed by atoms with van der Waals surface area (Å²) in [5, 5.41) is 13.9. The van der Waals surface area contributed by atoms with E-state index in [9.17, 15) is 4.79 Å². The Labute approximate surface area is 186 Å². The molecule has 1 aliphatic rings. The van der Waals surface area contributed by atoms with Crippen molar-refractivity contribution < 1.29 is 9.53 Å². The van der Waals surface area contributed by atoms with Gasteiger partial charge < -0.3 is 31.4 Å². The first-order valence-corrected chi connectivity index (χ1v) is 10.3. The Bertz CT molecular complexity index is 1110. The number of nitrogens with two attached hydrogens (primary N) is 1. The van der Waals surface area contributed by atoms with Crippen LogP contribution in [0.2, 0.25) is 0 Å². The Morgan fingerprint density at radius 3 is 2.88 bits per heavy atom. The van der Waals surface area contributed by atoms with Crippen LogP contribution in [-0.4, -0.2) is 59.8 Å². The zero-order chi connectivity index (χ0) is 22.3. The van der Waals surface area contributed by atoms with Crippen LogP contribution in [0, 0.1) is 5.41 Å². The maximum Gasteiger partial charge on any atom is 0.260 e. The number of aromatic nitrogens is 2. The van der Waals surface area contributed by atoms with Crippen LogP contribution < -0.4 is 21.1 Å². The summed E-state index contributed by atoms with van der Waals surface area (Å²) >= 11 is 0. The third-order valence-electron chi connectivity index (χ3n) is 5.09. The van der Waals surface area contributed by atoms with Crippen LogP contribution in [0.15, 0.2) is 54.7 Å². The number of hydrogen-bond donors (Lipinski definition) is 4. The molecule has 0 unspecified atom stereocenters. The molecule has 0 spiro atoms. The van der Waals surface area contributed by atoms with Crippen LogP contribution >= 0.6 is 0 Å². The molecule has 0 bridgehead atoms. The first-order chi connectivity index (χ1) is 15.6. The second-order valence-electron chi connectivity index (χ2n) is 7.33. The molecule has 2 aromatic carbocycles. The lowest BCUT2D eigenvalue weighted by molar-refractivity contribution is -0.133. The number of benzene rings is 2. The van der Waals surface area contributed by atoms with Gasteiger partial charge in [-0.05, 0) is 36.4 Å². The number of hydrogen-bond acceptors (Lipinski definition) is 8. The summed E-state index contributed by atoms with van der Waals surface area (Å²) in [6.45, 7) is 3.01. The van der Waals surface area contributed by atoms with Crippen molar-refractivity contribution in [3.63, 3.8) is 0 Å². The first-order valence-electron chi connectivity index (χ1n) is 10.3. The maximum absolute atomic E-state index is 12.3. The molecule has 1 saturated heterocycles. The molecule has 1 aliphatic heterocycles. The monoisotopic (exact) mass is 431 g/mol. The molecule has 164 valence electrons. The molecule has 5 N–H and O–H groups in total. The minimum atomic E-state index is -0.0212. The number of carbonyl (C=O) groups excluding carboxylic acids is 1. The molecule has 1 fully saturated rings. The Balaban J connectivity index is 1.45. The standard InChI is InChI=1S/C23H25N7O2/c24-14-17-12-18(4-5-20(17)25)28-21-6-7-27-23(29-21)16-2-1-3-19(13-16)32-15-22(31)30-10-8-26-9-11-30/h1-7,12-14,24,26H,8-11,15,25H2,(H,27,28,29). The van der Waals surface area contributed by atoms with Gasteiger partial charge >= 0.3 is 0 Å². The Kier molecular flexibility index (Phi) is 6.57. The summed E-state index contributed by atoms with van der Waals surface area (Å²) in [5.41, 5.74) is 8.57. The quantitative estimate of drug-likeness (QED) is 0.334. The highest BCUT2D eigenvalue weighted by Gasteiger charge is 2.16. The van der Waals surface area contributed by atoms with Crippen molar-refractivity contribution in [2.24, 2.45) is 0 Å². The van der Waals surface area contributed by atoms with Gasteiger partial charge in [-0.15, -0.1) is 0 Å². The van der Waals surface area contributed by atoms with Gasteiger partial charge in [0.25, 0.3) is 5.91 Å². The van der Waals surface area contributed by atoms with Gasteiger partial charge in [0.2, 0.25) is 0 Å². The molecule has 2 heterocycles. The van der Waals surface area contributed by atoms with Gasteiger partial charge in [0.15, 0.2) is 12.4 Å². The predicted octanol–water partition coefficient (Wildman–Crippen LogP) is 2.28. The normalized spacial score (nSPS) is 13.4. The molecule has 1 aromatic heterocycles. The Morgan fingerprint density at radius 2 is 2.06 bits per heavy atom. The second-order valence-corrected chi connectivity index (χ2v) is 7.33. The number of amides is 1. The van der Waals surface area contributed by atoms with Crippen LogP contribution in [0.4, 0.5) is 17.2 Å². The van der Waals surface area contributed by atoms with Gasteiger partial charge in [-0.1, -0.05) is 12.1 Å². The fourth-order valence-corrected chi connectivity index (χ4v) is 3.37. The van der Waals surface area contributed by atoms with E-state index in [1.54, 1.807) is 29.3 Å². The second kappa shape index (κ2) is 9.88. The minimum absolute atomic E-state index is 0.00159. The van der Waals surface area contributed by atoms with E-state index >= 15 is 0 Å². The number of nitrogens with zero attached hydrogens (tertiary/aromatic N) is 3. The van der Waals surface area contributed by atoms with Crippen LogP contribution in [0.5, 0.6) is 5.75 Å². The Morgan fingerprint density at radius 1 is 1.22 bits per heavy atom. The highest BCUT2D eigenvalue weighted by molar-refractivity contribution is 5.87. The molecular weight excluding hydrogens is 406 g/mol. The predicted molar refractivity (Wildman–Crippen MR) is 124 cm³/mol. The SMILES string of the molecule is N=Cc1cc(Nc2ccnc(-c3cccc(OCC(=O)N4CCNCC4)c3)n2)ccc1N. The van der Waals surface area contributed by atoms with Gasteiger partial charge in [0.05, 0.1) is 0 Å². The average Bonchev–Trinajstić information content (AvgIpc) is 2.84. The molecule has 0 saturated carbocycles. The molecule has 9 nitrogen and oxygen atoms in total. The molecule has 3 aromatic rings. The number of nitrogen functional groups attached to an aromatic ring is 1. The van der Waals surface area contributed by atoms with Crippen molar-refractivity contribution in [3.8, 4) is 17.1 Å². The lowest BCUT2D eigenvalue weighted by Gasteiger charge is -2.27. The van der Waals surface area contributed by atoms with Crippen molar-refractivity contribution in [2.75, 3.05) is 43.8 Å². The van der Waals surface area contributed by atoms with Crippen molar-refractivity contribution in [2.45, 2.75) is 0 Å². The fraction of sp³-hybridized carbons (Fsp3) is 0.217. The van der Waals surface area contributed by atoms with E-state index in [0.717, 1.165) is 24.3 Å². The first kappa shape index (κ1) is 21.3. The third-order valence-corrected chi connectivity index (χ3v) is 5.09. The Hall–Kier alpha value is -3.98. The smallest absolute Gasteiger partial charge is 0.260 e. The van der Waals surface area contributed by atoms with E-state index in [4.69, 9.17) is 15.9 Å². The number of ether oxygens (including phenoxy) is 1. The van der Waals surface area contributed by atoms with E-state index in [0.29, 0.717) is 41.7 Å².